The Bertz CT molecular complexity index is 923. The van der Waals surface area contributed by atoms with Crippen molar-refractivity contribution in [2.45, 2.75) is 51.6 Å². The fourth-order valence-corrected chi connectivity index (χ4v) is 3.96. The van der Waals surface area contributed by atoms with E-state index in [2.05, 4.69) is 41.2 Å². The minimum Gasteiger partial charge on any atom is -0.382 e. The van der Waals surface area contributed by atoms with E-state index >= 15 is 0 Å². The number of benzene rings is 1. The third-order valence-electron chi connectivity index (χ3n) is 5.09. The van der Waals surface area contributed by atoms with Gasteiger partial charge in [-0.05, 0) is 63.0 Å². The van der Waals surface area contributed by atoms with Gasteiger partial charge < -0.3 is 39.6 Å². The molecule has 0 amide bonds. The summed E-state index contributed by atoms with van der Waals surface area (Å²) >= 11 is 6.07. The van der Waals surface area contributed by atoms with Gasteiger partial charge in [-0.3, -0.25) is 4.98 Å². The maximum absolute atomic E-state index is 8.88. The number of hydrogen-bond donors (Lipinski definition) is 7. The molecule has 188 valence electrons. The van der Waals surface area contributed by atoms with Crippen LogP contribution in [0.2, 0.25) is 5.02 Å². The lowest BCUT2D eigenvalue weighted by atomic mass is 9.90. The Morgan fingerprint density at radius 1 is 0.970 bits per heavy atom. The lowest BCUT2D eigenvalue weighted by Crippen LogP contribution is -2.40. The molecule has 1 aliphatic rings. The highest BCUT2D eigenvalue weighted by Crippen LogP contribution is 2.29. The van der Waals surface area contributed by atoms with Crippen LogP contribution in [-0.2, 0) is 9.13 Å². The molecule has 11 nitrogen and oxygen atoms in total. The minimum atomic E-state index is -4.64. The number of rotatable bonds is 5. The predicted octanol–water partition coefficient (Wildman–Crippen LogP) is 3.10. The molecule has 1 aromatic carbocycles. The van der Waals surface area contributed by atoms with Crippen molar-refractivity contribution in [3.63, 3.8) is 0 Å². The highest BCUT2D eigenvalue weighted by atomic mass is 35.5. The molecule has 1 fully saturated rings. The van der Waals surface area contributed by atoms with Crippen molar-refractivity contribution in [2.24, 2.45) is 0 Å². The Labute approximate surface area is 197 Å². The van der Waals surface area contributed by atoms with Crippen LogP contribution in [0.15, 0.2) is 30.5 Å². The molecule has 0 saturated heterocycles. The molecule has 1 saturated carbocycles. The third-order valence-corrected chi connectivity index (χ3v) is 5.32. The first-order chi connectivity index (χ1) is 15.2. The average Bonchev–Trinajstić information content (AvgIpc) is 2.67. The summed E-state index contributed by atoms with van der Waals surface area (Å²) < 4.78 is 17.8. The summed E-state index contributed by atoms with van der Waals surface area (Å²) in [6, 6.07) is 9.33. The summed E-state index contributed by atoms with van der Waals surface area (Å²) in [5.74, 6) is 0. The molecule has 0 spiro atoms. The molecule has 33 heavy (non-hydrogen) atoms. The van der Waals surface area contributed by atoms with Crippen LogP contribution in [0, 0.1) is 0 Å². The van der Waals surface area contributed by atoms with Crippen molar-refractivity contribution >= 4 is 43.8 Å². The Kier molecular flexibility index (Phi) is 12.4. The lowest BCUT2D eigenvalue weighted by molar-refractivity contribution is 0.167. The standard InChI is InChI=1S/C19H26ClN3.2H3O4P/c1-3-23(4-2)16-8-6-15(7-9-16)22-18-11-12-21-19-13-14(20)5-10-17(18)19;2*1-5(2,3)4/h5,10-13,15-16H,3-4,6-9H2,1-2H3,(H,21,22);2*(H3,1,2,3,4). The summed E-state index contributed by atoms with van der Waals surface area (Å²) in [4.78, 5) is 50.1. The Hall–Kier alpha value is -1.10. The molecule has 14 heteroatoms. The van der Waals surface area contributed by atoms with Crippen molar-refractivity contribution in [1.82, 2.24) is 9.88 Å². The van der Waals surface area contributed by atoms with E-state index in [1.165, 1.54) is 31.4 Å². The molecule has 3 rings (SSSR count). The summed E-state index contributed by atoms with van der Waals surface area (Å²) in [5.41, 5.74) is 2.14. The van der Waals surface area contributed by atoms with Crippen LogP contribution < -0.4 is 5.32 Å². The molecular formula is C19H32ClN3O8P2. The van der Waals surface area contributed by atoms with Crippen LogP contribution in [0.3, 0.4) is 0 Å². The van der Waals surface area contributed by atoms with Crippen LogP contribution in [-0.4, -0.2) is 64.4 Å². The van der Waals surface area contributed by atoms with Crippen molar-refractivity contribution in [3.8, 4) is 0 Å². The van der Waals surface area contributed by atoms with Gasteiger partial charge in [-0.1, -0.05) is 25.4 Å². The Balaban J connectivity index is 0.000000460. The summed E-state index contributed by atoms with van der Waals surface area (Å²) in [6.07, 6.45) is 6.90. The highest BCUT2D eigenvalue weighted by Gasteiger charge is 2.24. The zero-order valence-electron chi connectivity index (χ0n) is 18.5. The van der Waals surface area contributed by atoms with Gasteiger partial charge in [-0.15, -0.1) is 0 Å². The van der Waals surface area contributed by atoms with Crippen LogP contribution in [0.5, 0.6) is 0 Å². The van der Waals surface area contributed by atoms with Crippen molar-refractivity contribution in [3.05, 3.63) is 35.5 Å². The second-order valence-electron chi connectivity index (χ2n) is 7.42. The number of phosphoric acid groups is 2. The number of nitrogens with one attached hydrogen (secondary N) is 1. The molecule has 7 N–H and O–H groups in total. The second-order valence-corrected chi connectivity index (χ2v) is 9.91. The fraction of sp³-hybridized carbons (Fsp3) is 0.526. The molecule has 0 aliphatic heterocycles. The van der Waals surface area contributed by atoms with Crippen LogP contribution in [0.25, 0.3) is 10.9 Å². The van der Waals surface area contributed by atoms with Gasteiger partial charge in [0.25, 0.3) is 0 Å². The Morgan fingerprint density at radius 3 is 1.97 bits per heavy atom. The fourth-order valence-electron chi connectivity index (χ4n) is 3.79. The molecule has 0 unspecified atom stereocenters. The second kappa shape index (κ2) is 13.7. The topological polar surface area (TPSA) is 184 Å². The zero-order valence-corrected chi connectivity index (χ0v) is 21.0. The van der Waals surface area contributed by atoms with E-state index in [0.29, 0.717) is 6.04 Å². The van der Waals surface area contributed by atoms with E-state index in [1.807, 2.05) is 18.3 Å². The van der Waals surface area contributed by atoms with Gasteiger partial charge in [0.05, 0.1) is 5.52 Å². The number of aromatic nitrogens is 1. The molecule has 1 heterocycles. The Morgan fingerprint density at radius 2 is 1.48 bits per heavy atom. The average molecular weight is 528 g/mol. The largest absolute Gasteiger partial charge is 0.466 e. The quantitative estimate of drug-likeness (QED) is 0.283. The van der Waals surface area contributed by atoms with Gasteiger partial charge in [-0.25, -0.2) is 9.13 Å². The molecule has 2 aromatic rings. The zero-order chi connectivity index (χ0) is 25.2. The smallest absolute Gasteiger partial charge is 0.382 e. The first kappa shape index (κ1) is 29.9. The normalized spacial score (nSPS) is 18.7. The number of anilines is 1. The van der Waals surface area contributed by atoms with E-state index < -0.39 is 15.6 Å². The molecule has 0 bridgehead atoms. The van der Waals surface area contributed by atoms with Gasteiger partial charge in [0.1, 0.15) is 0 Å². The number of pyridine rings is 1. The maximum Gasteiger partial charge on any atom is 0.466 e. The van der Waals surface area contributed by atoms with Crippen LogP contribution in [0.1, 0.15) is 39.5 Å². The molecule has 1 aliphatic carbocycles. The van der Waals surface area contributed by atoms with Gasteiger partial charge in [0.2, 0.25) is 0 Å². The molecule has 0 atom stereocenters. The SMILES string of the molecule is CCN(CC)C1CCC(Nc2ccnc3cc(Cl)ccc23)CC1.O=P(O)(O)O.O=P(O)(O)O. The van der Waals surface area contributed by atoms with Gasteiger partial charge in [0.15, 0.2) is 0 Å². The summed E-state index contributed by atoms with van der Waals surface area (Å²) in [5, 5.41) is 5.63. The van der Waals surface area contributed by atoms with E-state index in [9.17, 15) is 0 Å². The van der Waals surface area contributed by atoms with Gasteiger partial charge >= 0.3 is 15.6 Å². The lowest BCUT2D eigenvalue weighted by Gasteiger charge is -2.36. The highest BCUT2D eigenvalue weighted by molar-refractivity contribution is 7.45. The first-order valence-corrected chi connectivity index (χ1v) is 13.8. The number of hydrogen-bond acceptors (Lipinski definition) is 5. The molecule has 0 radical (unpaired) electrons. The maximum atomic E-state index is 8.88. The number of halogens is 1. The number of nitrogens with zero attached hydrogens (tertiary/aromatic N) is 2. The van der Waals surface area contributed by atoms with E-state index in [-0.39, 0.29) is 0 Å². The summed E-state index contributed by atoms with van der Waals surface area (Å²) in [6.45, 7) is 6.86. The monoisotopic (exact) mass is 527 g/mol. The van der Waals surface area contributed by atoms with Crippen molar-refractivity contribution in [1.29, 1.82) is 0 Å². The van der Waals surface area contributed by atoms with E-state index in [1.54, 1.807) is 0 Å². The van der Waals surface area contributed by atoms with E-state index in [0.717, 1.165) is 35.1 Å². The van der Waals surface area contributed by atoms with Crippen molar-refractivity contribution in [2.75, 3.05) is 18.4 Å². The molecule has 1 aromatic heterocycles. The number of fused-ring (bicyclic) bond motifs is 1. The van der Waals surface area contributed by atoms with Crippen LogP contribution >= 0.6 is 27.2 Å². The third kappa shape index (κ3) is 13.4. The first-order valence-electron chi connectivity index (χ1n) is 10.3. The van der Waals surface area contributed by atoms with Gasteiger partial charge in [-0.2, -0.15) is 0 Å². The van der Waals surface area contributed by atoms with Gasteiger partial charge in [0, 0.05) is 34.4 Å². The molecular weight excluding hydrogens is 496 g/mol. The summed E-state index contributed by atoms with van der Waals surface area (Å²) in [7, 11) is -9.28. The van der Waals surface area contributed by atoms with E-state index in [4.69, 9.17) is 50.1 Å². The minimum absolute atomic E-state index is 0.558. The van der Waals surface area contributed by atoms with Crippen LogP contribution in [0.4, 0.5) is 5.69 Å². The van der Waals surface area contributed by atoms with Crippen molar-refractivity contribution < 1.29 is 38.5 Å². The predicted molar refractivity (Wildman–Crippen MR) is 128 cm³/mol.